The average molecular weight is 277 g/mol. The molecule has 0 aromatic heterocycles. The van der Waals surface area contributed by atoms with Crippen molar-refractivity contribution in [3.8, 4) is 0 Å². The second-order valence-corrected chi connectivity index (χ2v) is 4.48. The predicted octanol–water partition coefficient (Wildman–Crippen LogP) is 1.40. The summed E-state index contributed by atoms with van der Waals surface area (Å²) >= 11 is 5.21. The second kappa shape index (κ2) is 7.89. The lowest BCUT2D eigenvalue weighted by Crippen LogP contribution is -2.34. The molecule has 18 heavy (non-hydrogen) atoms. The molecule has 0 aliphatic carbocycles. The van der Waals surface area contributed by atoms with E-state index in [4.69, 9.17) is 21.1 Å². The maximum atomic E-state index is 11.2. The van der Waals surface area contributed by atoms with Gasteiger partial charge in [0.2, 0.25) is 0 Å². The van der Waals surface area contributed by atoms with E-state index in [1.54, 1.807) is 6.92 Å². The zero-order valence-corrected chi connectivity index (χ0v) is 11.2. The van der Waals surface area contributed by atoms with Crippen LogP contribution in [-0.2, 0) is 19.1 Å². The first-order valence-corrected chi connectivity index (χ1v) is 5.65. The van der Waals surface area contributed by atoms with Gasteiger partial charge in [0.15, 0.2) is 0 Å². The quantitative estimate of drug-likeness (QED) is 0.562. The van der Waals surface area contributed by atoms with Crippen molar-refractivity contribution >= 4 is 23.5 Å². The molecule has 0 aromatic rings. The van der Waals surface area contributed by atoms with Crippen molar-refractivity contribution in [2.75, 3.05) is 19.8 Å². The summed E-state index contributed by atoms with van der Waals surface area (Å²) in [5, 5.41) is 9.23. The van der Waals surface area contributed by atoms with Crippen LogP contribution in [0.25, 0.3) is 0 Å². The Morgan fingerprint density at radius 1 is 1.39 bits per heavy atom. The number of hydrogen-bond donors (Lipinski definition) is 1. The molecule has 0 spiro atoms. The third-order valence-corrected chi connectivity index (χ3v) is 2.17. The second-order valence-electron chi connectivity index (χ2n) is 4.23. The van der Waals surface area contributed by atoms with Crippen LogP contribution in [0, 0.1) is 5.41 Å². The van der Waals surface area contributed by atoms with Crippen LogP contribution in [0.15, 0.2) is 23.8 Å². The topological polar surface area (TPSA) is 72.8 Å². The molecular weight excluding hydrogens is 260 g/mol. The third kappa shape index (κ3) is 6.42. The van der Waals surface area contributed by atoms with Gasteiger partial charge < -0.3 is 14.6 Å². The number of esters is 2. The first kappa shape index (κ1) is 16.7. The Morgan fingerprint density at radius 3 is 2.39 bits per heavy atom. The molecule has 6 heteroatoms. The van der Waals surface area contributed by atoms with Gasteiger partial charge in [0.25, 0.3) is 0 Å². The smallest absolute Gasteiger partial charge is 0.333 e. The summed E-state index contributed by atoms with van der Waals surface area (Å²) < 4.78 is 9.77. The highest BCUT2D eigenvalue weighted by molar-refractivity contribution is 6.26. The third-order valence-electron chi connectivity index (χ3n) is 2.04. The molecule has 5 nitrogen and oxygen atoms in total. The highest BCUT2D eigenvalue weighted by Gasteiger charge is 2.27. The van der Waals surface area contributed by atoms with Crippen molar-refractivity contribution < 1.29 is 24.2 Å². The molecule has 0 bridgehead atoms. The largest absolute Gasteiger partial charge is 0.462 e. The number of aliphatic hydroxyl groups excluding tert-OH is 1. The molecule has 0 saturated carbocycles. The van der Waals surface area contributed by atoms with E-state index in [0.717, 1.165) is 11.6 Å². The number of aliphatic hydroxyl groups is 1. The first-order chi connectivity index (χ1) is 8.34. The van der Waals surface area contributed by atoms with E-state index in [2.05, 4.69) is 6.58 Å². The van der Waals surface area contributed by atoms with Gasteiger partial charge in [-0.2, -0.15) is 0 Å². The van der Waals surface area contributed by atoms with E-state index in [9.17, 15) is 14.7 Å². The number of hydrogen-bond acceptors (Lipinski definition) is 5. The highest BCUT2D eigenvalue weighted by atomic mass is 35.5. The van der Waals surface area contributed by atoms with E-state index in [1.807, 2.05) is 0 Å². The van der Waals surface area contributed by atoms with E-state index < -0.39 is 17.4 Å². The van der Waals surface area contributed by atoms with Gasteiger partial charge in [-0.05, 0) is 6.92 Å². The fraction of sp³-hybridized carbons (Fsp3) is 0.500. The number of rotatable bonds is 7. The van der Waals surface area contributed by atoms with Gasteiger partial charge in [-0.1, -0.05) is 25.1 Å². The molecule has 1 atom stereocenters. The van der Waals surface area contributed by atoms with Crippen LogP contribution in [0.3, 0.4) is 0 Å². The van der Waals surface area contributed by atoms with Gasteiger partial charge in [0.05, 0.1) is 12.0 Å². The summed E-state index contributed by atoms with van der Waals surface area (Å²) in [5.74, 6) is -1.18. The number of carbonyl (C=O) groups excluding carboxylic acids is 2. The van der Waals surface area contributed by atoms with Crippen molar-refractivity contribution in [2.24, 2.45) is 5.41 Å². The number of ether oxygens (including phenoxy) is 2. The van der Waals surface area contributed by atoms with Gasteiger partial charge in [-0.15, -0.1) is 0 Å². The van der Waals surface area contributed by atoms with Crippen molar-refractivity contribution in [1.82, 2.24) is 0 Å². The fourth-order valence-electron chi connectivity index (χ4n) is 0.841. The van der Waals surface area contributed by atoms with E-state index in [-0.39, 0.29) is 25.4 Å². The maximum absolute atomic E-state index is 11.2. The van der Waals surface area contributed by atoms with Gasteiger partial charge >= 0.3 is 11.9 Å². The Kier molecular flexibility index (Phi) is 7.31. The molecule has 0 radical (unpaired) electrons. The van der Waals surface area contributed by atoms with Crippen LogP contribution >= 0.6 is 11.6 Å². The Balaban J connectivity index is 4.30. The molecule has 0 saturated heterocycles. The maximum Gasteiger partial charge on any atom is 0.333 e. The Labute approximate surface area is 111 Å². The average Bonchev–Trinajstić information content (AvgIpc) is 2.33. The standard InChI is InChI=1S/C12H17ClO5/c1-9(2)11(16)18-8-12(3,6-14)7-17-10(15)4-5-13/h4-5,14H,1,6-8H2,2-3H3. The molecule has 0 rings (SSSR count). The van der Waals surface area contributed by atoms with Gasteiger partial charge in [0, 0.05) is 17.2 Å². The van der Waals surface area contributed by atoms with Crippen LogP contribution < -0.4 is 0 Å². The molecule has 0 aliphatic heterocycles. The molecule has 0 aromatic carbocycles. The molecule has 0 fully saturated rings. The predicted molar refractivity (Wildman–Crippen MR) is 66.9 cm³/mol. The van der Waals surface area contributed by atoms with Gasteiger partial charge in [0.1, 0.15) is 13.2 Å². The van der Waals surface area contributed by atoms with E-state index in [0.29, 0.717) is 0 Å². The summed E-state index contributed by atoms with van der Waals surface area (Å²) in [6.45, 7) is 6.11. The lowest BCUT2D eigenvalue weighted by molar-refractivity contribution is -0.149. The summed E-state index contributed by atoms with van der Waals surface area (Å²) in [5.41, 5.74) is 0.429. The van der Waals surface area contributed by atoms with Crippen LogP contribution in [0.4, 0.5) is 0 Å². The summed E-state index contributed by atoms with van der Waals surface area (Å²) in [6.07, 6.45) is 1.04. The monoisotopic (exact) mass is 276 g/mol. The van der Waals surface area contributed by atoms with Crippen LogP contribution in [0.1, 0.15) is 13.8 Å². The Morgan fingerprint density at radius 2 is 1.94 bits per heavy atom. The number of halogens is 1. The first-order valence-electron chi connectivity index (χ1n) is 5.21. The van der Waals surface area contributed by atoms with Crippen LogP contribution in [-0.4, -0.2) is 36.9 Å². The zero-order chi connectivity index (χ0) is 14.2. The summed E-state index contributed by atoms with van der Waals surface area (Å²) in [6, 6.07) is 0. The van der Waals surface area contributed by atoms with Crippen molar-refractivity contribution in [3.05, 3.63) is 23.8 Å². The van der Waals surface area contributed by atoms with Crippen molar-refractivity contribution in [2.45, 2.75) is 13.8 Å². The van der Waals surface area contributed by atoms with Crippen molar-refractivity contribution in [1.29, 1.82) is 0 Å². The number of carbonyl (C=O) groups is 2. The molecule has 0 aliphatic rings. The Bertz CT molecular complexity index is 350. The summed E-state index contributed by atoms with van der Waals surface area (Å²) in [4.78, 5) is 22.3. The van der Waals surface area contributed by atoms with E-state index in [1.165, 1.54) is 6.92 Å². The minimum atomic E-state index is -0.860. The lowest BCUT2D eigenvalue weighted by Gasteiger charge is -2.25. The Hall–Kier alpha value is -1.33. The van der Waals surface area contributed by atoms with Gasteiger partial charge in [-0.3, -0.25) is 0 Å². The zero-order valence-electron chi connectivity index (χ0n) is 10.4. The van der Waals surface area contributed by atoms with Crippen LogP contribution in [0.5, 0.6) is 0 Å². The van der Waals surface area contributed by atoms with Crippen LogP contribution in [0.2, 0.25) is 0 Å². The van der Waals surface area contributed by atoms with E-state index >= 15 is 0 Å². The lowest BCUT2D eigenvalue weighted by atomic mass is 9.94. The molecule has 0 heterocycles. The molecule has 1 unspecified atom stereocenters. The SMILES string of the molecule is C=C(C)C(=O)OCC(C)(CO)COC(=O)C=CCl. The normalized spacial score (nSPS) is 14.0. The minimum Gasteiger partial charge on any atom is -0.462 e. The molecule has 0 amide bonds. The highest BCUT2D eigenvalue weighted by Crippen LogP contribution is 2.17. The van der Waals surface area contributed by atoms with Gasteiger partial charge in [-0.25, -0.2) is 9.59 Å². The van der Waals surface area contributed by atoms with Crippen molar-refractivity contribution in [3.63, 3.8) is 0 Å². The molecule has 1 N–H and O–H groups in total. The fourth-order valence-corrected chi connectivity index (χ4v) is 0.944. The minimum absolute atomic E-state index is 0.0763. The molecule has 102 valence electrons. The molecular formula is C12H17ClO5. The summed E-state index contributed by atoms with van der Waals surface area (Å²) in [7, 11) is 0.